The Morgan fingerprint density at radius 2 is 2.21 bits per heavy atom. The van der Waals surface area contributed by atoms with Gasteiger partial charge in [0.25, 0.3) is 5.69 Å². The van der Waals surface area contributed by atoms with Crippen LogP contribution in [0.2, 0.25) is 0 Å². The Kier molecular flexibility index (Phi) is 5.44. The quantitative estimate of drug-likeness (QED) is 0.658. The molecule has 19 heavy (non-hydrogen) atoms. The molecule has 0 fully saturated rings. The Bertz CT molecular complexity index is 493. The summed E-state index contributed by atoms with van der Waals surface area (Å²) >= 11 is 3.22. The van der Waals surface area contributed by atoms with Crippen molar-refractivity contribution in [2.45, 2.75) is 19.4 Å². The van der Waals surface area contributed by atoms with E-state index in [4.69, 9.17) is 5.11 Å². The first kappa shape index (κ1) is 15.6. The molecule has 0 aliphatic heterocycles. The predicted octanol–water partition coefficient (Wildman–Crippen LogP) is 1.74. The molecule has 6 nitrogen and oxygen atoms in total. The van der Waals surface area contributed by atoms with E-state index in [0.717, 1.165) is 0 Å². The average Bonchev–Trinajstić information content (AvgIpc) is 2.38. The number of amides is 1. The fraction of sp³-hybridized carbons (Fsp3) is 0.417. The topological polar surface area (TPSA) is 83.7 Å². The maximum absolute atomic E-state index is 11.9. The lowest BCUT2D eigenvalue weighted by atomic mass is 10.1. The van der Waals surface area contributed by atoms with E-state index in [-0.39, 0.29) is 30.7 Å². The monoisotopic (exact) mass is 330 g/mol. The lowest BCUT2D eigenvalue weighted by Crippen LogP contribution is -2.38. The first-order chi connectivity index (χ1) is 8.86. The smallest absolute Gasteiger partial charge is 0.270 e. The number of carbonyl (C=O) groups excluding carboxylic acids is 1. The molecule has 0 aromatic heterocycles. The molecule has 0 heterocycles. The largest absolute Gasteiger partial charge is 0.394 e. The molecule has 1 rings (SSSR count). The van der Waals surface area contributed by atoms with Crippen LogP contribution >= 0.6 is 15.9 Å². The van der Waals surface area contributed by atoms with E-state index < -0.39 is 4.92 Å². The number of nitro benzene ring substituents is 1. The van der Waals surface area contributed by atoms with Crippen LogP contribution in [-0.4, -0.2) is 40.5 Å². The second-order valence-electron chi connectivity index (χ2n) is 4.25. The van der Waals surface area contributed by atoms with Gasteiger partial charge in [0.15, 0.2) is 0 Å². The van der Waals surface area contributed by atoms with E-state index >= 15 is 0 Å². The average molecular weight is 331 g/mol. The van der Waals surface area contributed by atoms with Crippen molar-refractivity contribution in [1.82, 2.24) is 4.90 Å². The number of nitro groups is 1. The second-order valence-corrected chi connectivity index (χ2v) is 5.10. The van der Waals surface area contributed by atoms with Gasteiger partial charge >= 0.3 is 0 Å². The van der Waals surface area contributed by atoms with Crippen LogP contribution in [-0.2, 0) is 11.2 Å². The first-order valence-corrected chi connectivity index (χ1v) is 6.45. The van der Waals surface area contributed by atoms with Crippen LogP contribution in [0.5, 0.6) is 0 Å². The van der Waals surface area contributed by atoms with E-state index in [0.29, 0.717) is 10.0 Å². The van der Waals surface area contributed by atoms with Crippen LogP contribution in [0, 0.1) is 10.1 Å². The molecule has 0 aliphatic rings. The fourth-order valence-electron chi connectivity index (χ4n) is 1.45. The molecule has 1 amide bonds. The lowest BCUT2D eigenvalue weighted by molar-refractivity contribution is -0.384. The van der Waals surface area contributed by atoms with Crippen molar-refractivity contribution in [1.29, 1.82) is 0 Å². The van der Waals surface area contributed by atoms with E-state index in [2.05, 4.69) is 15.9 Å². The minimum atomic E-state index is -0.490. The molecule has 0 saturated heterocycles. The number of carbonyl (C=O) groups is 1. The Morgan fingerprint density at radius 3 is 2.68 bits per heavy atom. The highest BCUT2D eigenvalue weighted by molar-refractivity contribution is 9.10. The van der Waals surface area contributed by atoms with E-state index in [9.17, 15) is 14.9 Å². The van der Waals surface area contributed by atoms with Crippen LogP contribution in [0.25, 0.3) is 0 Å². The van der Waals surface area contributed by atoms with Gasteiger partial charge < -0.3 is 10.0 Å². The van der Waals surface area contributed by atoms with E-state index in [1.807, 2.05) is 0 Å². The Morgan fingerprint density at radius 1 is 1.58 bits per heavy atom. The fourth-order valence-corrected chi connectivity index (χ4v) is 1.96. The minimum absolute atomic E-state index is 0.0276. The summed E-state index contributed by atoms with van der Waals surface area (Å²) < 4.78 is 0.528. The van der Waals surface area contributed by atoms with Crippen LogP contribution in [0.4, 0.5) is 5.69 Å². The number of benzene rings is 1. The number of aliphatic hydroxyl groups excluding tert-OH is 1. The number of rotatable bonds is 5. The van der Waals surface area contributed by atoms with Crippen molar-refractivity contribution in [2.75, 3.05) is 13.7 Å². The summed E-state index contributed by atoms with van der Waals surface area (Å²) in [6.07, 6.45) is 0.124. The molecular weight excluding hydrogens is 316 g/mol. The van der Waals surface area contributed by atoms with Gasteiger partial charge in [-0.25, -0.2) is 0 Å². The summed E-state index contributed by atoms with van der Waals surface area (Å²) in [6, 6.07) is 4.03. The van der Waals surface area contributed by atoms with Gasteiger partial charge in [0, 0.05) is 23.7 Å². The third kappa shape index (κ3) is 4.00. The maximum atomic E-state index is 11.9. The molecule has 1 atom stereocenters. The van der Waals surface area contributed by atoms with Crippen LogP contribution in [0.15, 0.2) is 22.7 Å². The molecule has 0 bridgehead atoms. The molecular formula is C12H15BrN2O4. The van der Waals surface area contributed by atoms with Crippen molar-refractivity contribution in [3.8, 4) is 0 Å². The number of non-ortho nitro benzene ring substituents is 1. The Labute approximate surface area is 119 Å². The number of hydrogen-bond acceptors (Lipinski definition) is 4. The lowest BCUT2D eigenvalue weighted by Gasteiger charge is -2.23. The molecule has 0 saturated carbocycles. The molecule has 7 heteroatoms. The van der Waals surface area contributed by atoms with Gasteiger partial charge in [0.1, 0.15) is 0 Å². The SMILES string of the molecule is CC(CO)N(C)C(=O)Cc1ccc([N+](=O)[O-])cc1Br. The van der Waals surface area contributed by atoms with Gasteiger partial charge in [0.2, 0.25) is 5.91 Å². The summed E-state index contributed by atoms with van der Waals surface area (Å²) in [5.41, 5.74) is 0.646. The third-order valence-corrected chi connectivity index (χ3v) is 3.65. The normalized spacial score (nSPS) is 12.0. The molecule has 1 N–H and O–H groups in total. The Hall–Kier alpha value is -1.47. The molecule has 0 aliphatic carbocycles. The number of likely N-dealkylation sites (N-methyl/N-ethyl adjacent to an activating group) is 1. The van der Waals surface area contributed by atoms with Gasteiger partial charge in [-0.05, 0) is 12.5 Å². The molecule has 1 aromatic rings. The van der Waals surface area contributed by atoms with Gasteiger partial charge in [-0.1, -0.05) is 22.0 Å². The summed E-state index contributed by atoms with van der Waals surface area (Å²) in [7, 11) is 1.61. The molecule has 104 valence electrons. The van der Waals surface area contributed by atoms with Gasteiger partial charge in [-0.15, -0.1) is 0 Å². The molecule has 1 aromatic carbocycles. The number of nitrogens with zero attached hydrogens (tertiary/aromatic N) is 2. The van der Waals surface area contributed by atoms with Crippen molar-refractivity contribution in [3.05, 3.63) is 38.3 Å². The zero-order valence-corrected chi connectivity index (χ0v) is 12.3. The highest BCUT2D eigenvalue weighted by Crippen LogP contribution is 2.23. The third-order valence-electron chi connectivity index (χ3n) is 2.91. The zero-order chi connectivity index (χ0) is 14.6. The number of halogens is 1. The van der Waals surface area contributed by atoms with Crippen molar-refractivity contribution in [2.24, 2.45) is 0 Å². The Balaban J connectivity index is 2.83. The molecule has 0 radical (unpaired) electrons. The van der Waals surface area contributed by atoms with Crippen molar-refractivity contribution in [3.63, 3.8) is 0 Å². The van der Waals surface area contributed by atoms with Crippen LogP contribution in [0.3, 0.4) is 0 Å². The van der Waals surface area contributed by atoms with Gasteiger partial charge in [0.05, 0.1) is 24.0 Å². The highest BCUT2D eigenvalue weighted by Gasteiger charge is 2.17. The summed E-state index contributed by atoms with van der Waals surface area (Å²) in [5, 5.41) is 19.6. The van der Waals surface area contributed by atoms with Crippen LogP contribution < -0.4 is 0 Å². The summed E-state index contributed by atoms with van der Waals surface area (Å²) in [4.78, 5) is 23.5. The van der Waals surface area contributed by atoms with Crippen LogP contribution in [0.1, 0.15) is 12.5 Å². The summed E-state index contributed by atoms with van der Waals surface area (Å²) in [6.45, 7) is 1.63. The van der Waals surface area contributed by atoms with Gasteiger partial charge in [-0.2, -0.15) is 0 Å². The number of aliphatic hydroxyl groups is 1. The molecule has 0 spiro atoms. The summed E-state index contributed by atoms with van der Waals surface area (Å²) in [5.74, 6) is -0.156. The maximum Gasteiger partial charge on any atom is 0.270 e. The zero-order valence-electron chi connectivity index (χ0n) is 10.7. The molecule has 1 unspecified atom stereocenters. The van der Waals surface area contributed by atoms with Crippen molar-refractivity contribution >= 4 is 27.5 Å². The predicted molar refractivity (Wildman–Crippen MR) is 73.8 cm³/mol. The minimum Gasteiger partial charge on any atom is -0.394 e. The second kappa shape index (κ2) is 6.63. The van der Waals surface area contributed by atoms with Crippen molar-refractivity contribution < 1.29 is 14.8 Å². The first-order valence-electron chi connectivity index (χ1n) is 5.66. The van der Waals surface area contributed by atoms with E-state index in [1.54, 1.807) is 20.0 Å². The van der Waals surface area contributed by atoms with Gasteiger partial charge in [-0.3, -0.25) is 14.9 Å². The number of hydrogen-bond donors (Lipinski definition) is 1. The van der Waals surface area contributed by atoms with E-state index in [1.165, 1.54) is 17.0 Å². The highest BCUT2D eigenvalue weighted by atomic mass is 79.9. The standard InChI is InChI=1S/C12H15BrN2O4/c1-8(7-16)14(2)12(17)5-9-3-4-10(15(18)19)6-11(9)13/h3-4,6,8,16H,5,7H2,1-2H3.